The Labute approximate surface area is 182 Å². The lowest BCUT2D eigenvalue weighted by Crippen LogP contribution is -2.34. The van der Waals surface area contributed by atoms with Crippen molar-refractivity contribution in [3.8, 4) is 0 Å². The van der Waals surface area contributed by atoms with E-state index in [1.54, 1.807) is 0 Å². The van der Waals surface area contributed by atoms with Crippen LogP contribution in [0.4, 0.5) is 0 Å². The van der Waals surface area contributed by atoms with Crippen LogP contribution in [-0.2, 0) is 21.6 Å². The van der Waals surface area contributed by atoms with Crippen LogP contribution in [0, 0.1) is 17.3 Å². The van der Waals surface area contributed by atoms with Crippen molar-refractivity contribution in [1.29, 1.82) is 0 Å². The number of allylic oxidation sites excluding steroid dienone is 2. The highest BCUT2D eigenvalue weighted by Gasteiger charge is 2.34. The molecule has 3 N–H and O–H groups in total. The SMILES string of the molecule is CCC1(C)CCC(C)(C)c2ccc(/C(C)=C/C3CCC(C(=O)NON)CC3)cc2C1. The molecule has 0 saturated heterocycles. The maximum absolute atomic E-state index is 11.9. The van der Waals surface area contributed by atoms with Gasteiger partial charge >= 0.3 is 0 Å². The van der Waals surface area contributed by atoms with Crippen LogP contribution in [0.25, 0.3) is 5.57 Å². The number of hydrogen-bond acceptors (Lipinski definition) is 3. The van der Waals surface area contributed by atoms with Crippen molar-refractivity contribution >= 4 is 11.5 Å². The molecular formula is C26H40N2O2. The molecule has 0 radical (unpaired) electrons. The third kappa shape index (κ3) is 5.15. The van der Waals surface area contributed by atoms with Gasteiger partial charge in [-0.2, -0.15) is 10.8 Å². The number of nitrogens with one attached hydrogen (secondary N) is 1. The molecule has 0 bridgehead atoms. The molecule has 2 aliphatic carbocycles. The number of carbonyl (C=O) groups is 1. The summed E-state index contributed by atoms with van der Waals surface area (Å²) >= 11 is 0. The van der Waals surface area contributed by atoms with Gasteiger partial charge in [-0.25, -0.2) is 5.48 Å². The summed E-state index contributed by atoms with van der Waals surface area (Å²) in [6, 6.07) is 7.16. The smallest absolute Gasteiger partial charge is 0.248 e. The molecule has 166 valence electrons. The van der Waals surface area contributed by atoms with E-state index >= 15 is 0 Å². The molecule has 30 heavy (non-hydrogen) atoms. The molecule has 2 aliphatic rings. The maximum atomic E-state index is 11.9. The summed E-state index contributed by atoms with van der Waals surface area (Å²) in [6.07, 6.45) is 11.2. The summed E-state index contributed by atoms with van der Waals surface area (Å²) in [7, 11) is 0. The van der Waals surface area contributed by atoms with Crippen molar-refractivity contribution in [3.05, 3.63) is 41.0 Å². The minimum absolute atomic E-state index is 0.0138. The van der Waals surface area contributed by atoms with Crippen LogP contribution in [0.15, 0.2) is 24.3 Å². The number of benzene rings is 1. The lowest BCUT2D eigenvalue weighted by atomic mass is 9.77. The Morgan fingerprint density at radius 1 is 1.20 bits per heavy atom. The summed E-state index contributed by atoms with van der Waals surface area (Å²) in [5, 5.41) is 0. The van der Waals surface area contributed by atoms with Gasteiger partial charge in [0.25, 0.3) is 0 Å². The molecule has 1 fully saturated rings. The Morgan fingerprint density at radius 2 is 1.90 bits per heavy atom. The Balaban J connectivity index is 1.76. The first-order chi connectivity index (χ1) is 14.2. The summed E-state index contributed by atoms with van der Waals surface area (Å²) in [5.41, 5.74) is 8.68. The molecule has 1 amide bonds. The van der Waals surface area contributed by atoms with Gasteiger partial charge in [-0.15, -0.1) is 0 Å². The first-order valence-corrected chi connectivity index (χ1v) is 11.7. The monoisotopic (exact) mass is 412 g/mol. The van der Waals surface area contributed by atoms with Crippen LogP contribution in [-0.4, -0.2) is 5.91 Å². The number of rotatable bonds is 5. The number of carbonyl (C=O) groups excluding carboxylic acids is 1. The molecule has 3 rings (SSSR count). The van der Waals surface area contributed by atoms with Crippen LogP contribution >= 0.6 is 0 Å². The van der Waals surface area contributed by atoms with E-state index < -0.39 is 0 Å². The number of nitrogens with two attached hydrogens (primary N) is 1. The zero-order valence-electron chi connectivity index (χ0n) is 19.5. The van der Waals surface area contributed by atoms with Crippen molar-refractivity contribution in [1.82, 2.24) is 5.48 Å². The van der Waals surface area contributed by atoms with E-state index in [9.17, 15) is 4.79 Å². The average molecular weight is 413 g/mol. The fourth-order valence-corrected chi connectivity index (χ4v) is 5.38. The van der Waals surface area contributed by atoms with Gasteiger partial charge in [0.15, 0.2) is 0 Å². The molecule has 4 nitrogen and oxygen atoms in total. The highest BCUT2D eigenvalue weighted by molar-refractivity contribution is 5.77. The minimum atomic E-state index is -0.0935. The van der Waals surface area contributed by atoms with Gasteiger partial charge in [0.05, 0.1) is 0 Å². The molecule has 1 atom stereocenters. The molecule has 4 heteroatoms. The first kappa shape index (κ1) is 23.0. The van der Waals surface area contributed by atoms with E-state index in [1.807, 2.05) is 0 Å². The summed E-state index contributed by atoms with van der Waals surface area (Å²) in [6.45, 7) is 11.8. The van der Waals surface area contributed by atoms with Gasteiger partial charge in [-0.05, 0) is 90.9 Å². The van der Waals surface area contributed by atoms with Crippen molar-refractivity contribution in [2.45, 2.75) is 91.4 Å². The Kier molecular flexibility index (Phi) is 7.09. The van der Waals surface area contributed by atoms with Gasteiger partial charge in [-0.3, -0.25) is 4.79 Å². The van der Waals surface area contributed by atoms with E-state index in [4.69, 9.17) is 5.90 Å². The second-order valence-electron chi connectivity index (χ2n) is 10.6. The third-order valence-corrected chi connectivity index (χ3v) is 7.90. The van der Waals surface area contributed by atoms with E-state index in [1.165, 1.54) is 47.9 Å². The first-order valence-electron chi connectivity index (χ1n) is 11.7. The number of amides is 1. The summed E-state index contributed by atoms with van der Waals surface area (Å²) < 4.78 is 0. The number of hydrogen-bond donors (Lipinski definition) is 2. The zero-order chi connectivity index (χ0) is 21.9. The lowest BCUT2D eigenvalue weighted by Gasteiger charge is -2.28. The van der Waals surface area contributed by atoms with E-state index in [0.29, 0.717) is 11.3 Å². The van der Waals surface area contributed by atoms with Crippen LogP contribution in [0.1, 0.15) is 96.3 Å². The summed E-state index contributed by atoms with van der Waals surface area (Å²) in [5.74, 6) is 5.40. The third-order valence-electron chi connectivity index (χ3n) is 7.90. The fourth-order valence-electron chi connectivity index (χ4n) is 5.38. The highest BCUT2D eigenvalue weighted by atomic mass is 16.8. The number of fused-ring (bicyclic) bond motifs is 1. The largest absolute Gasteiger partial charge is 0.272 e. The standard InChI is InChI=1S/C26H40N2O2/c1-6-26(5)14-13-25(3,4)23-12-11-21(16-22(23)17-26)18(2)15-19-7-9-20(10-8-19)24(29)28-30-27/h11-12,15-16,19-20H,6-10,13-14,17,27H2,1-5H3,(H,28,29)/b18-15+. The molecule has 1 aromatic rings. The van der Waals surface area contributed by atoms with Gasteiger partial charge in [0.1, 0.15) is 0 Å². The lowest BCUT2D eigenvalue weighted by molar-refractivity contribution is -0.139. The Morgan fingerprint density at radius 3 is 2.53 bits per heavy atom. The minimum Gasteiger partial charge on any atom is -0.272 e. The molecule has 0 heterocycles. The van der Waals surface area contributed by atoms with Gasteiger partial charge in [0.2, 0.25) is 5.91 Å². The van der Waals surface area contributed by atoms with Crippen molar-refractivity contribution in [3.63, 3.8) is 0 Å². The van der Waals surface area contributed by atoms with Crippen LogP contribution in [0.3, 0.4) is 0 Å². The van der Waals surface area contributed by atoms with Crippen LogP contribution < -0.4 is 11.4 Å². The number of hydroxylamine groups is 1. The Hall–Kier alpha value is -1.65. The van der Waals surface area contributed by atoms with E-state index in [2.05, 4.69) is 69.3 Å². The molecule has 0 spiro atoms. The predicted octanol–water partition coefficient (Wildman–Crippen LogP) is 5.85. The normalized spacial score (nSPS) is 29.1. The maximum Gasteiger partial charge on any atom is 0.248 e. The molecule has 0 aromatic heterocycles. The van der Waals surface area contributed by atoms with Crippen molar-refractivity contribution in [2.24, 2.45) is 23.1 Å². The fraction of sp³-hybridized carbons (Fsp3) is 0.654. The average Bonchev–Trinajstić information content (AvgIpc) is 2.82. The second kappa shape index (κ2) is 9.23. The van der Waals surface area contributed by atoms with Crippen LogP contribution in [0.5, 0.6) is 0 Å². The van der Waals surface area contributed by atoms with E-state index in [-0.39, 0.29) is 17.2 Å². The molecular weight excluding hydrogens is 372 g/mol. The summed E-state index contributed by atoms with van der Waals surface area (Å²) in [4.78, 5) is 16.2. The predicted molar refractivity (Wildman–Crippen MR) is 123 cm³/mol. The molecule has 1 unspecified atom stereocenters. The molecule has 0 aliphatic heterocycles. The molecule has 1 saturated carbocycles. The quantitative estimate of drug-likeness (QED) is 0.471. The Bertz CT molecular complexity index is 790. The topological polar surface area (TPSA) is 64.3 Å². The van der Waals surface area contributed by atoms with Crippen molar-refractivity contribution < 1.29 is 9.73 Å². The van der Waals surface area contributed by atoms with Crippen molar-refractivity contribution in [2.75, 3.05) is 0 Å². The second-order valence-corrected chi connectivity index (χ2v) is 10.6. The zero-order valence-corrected chi connectivity index (χ0v) is 19.5. The van der Waals surface area contributed by atoms with Crippen LogP contribution in [0.2, 0.25) is 0 Å². The van der Waals surface area contributed by atoms with Gasteiger partial charge in [-0.1, -0.05) is 58.4 Å². The van der Waals surface area contributed by atoms with E-state index in [0.717, 1.165) is 25.7 Å². The highest BCUT2D eigenvalue weighted by Crippen LogP contribution is 2.44. The van der Waals surface area contributed by atoms with Gasteiger partial charge in [0, 0.05) is 5.92 Å². The molecule has 1 aromatic carbocycles. The van der Waals surface area contributed by atoms with Gasteiger partial charge < -0.3 is 0 Å².